The lowest BCUT2D eigenvalue weighted by molar-refractivity contribution is -0.121. The van der Waals surface area contributed by atoms with Crippen molar-refractivity contribution in [1.82, 2.24) is 15.1 Å². The van der Waals surface area contributed by atoms with Gasteiger partial charge in [-0.05, 0) is 25.1 Å². The average Bonchev–Trinajstić information content (AvgIpc) is 2.98. The number of benzene rings is 2. The van der Waals surface area contributed by atoms with Crippen LogP contribution in [0.15, 0.2) is 63.9 Å². The van der Waals surface area contributed by atoms with E-state index in [-0.39, 0.29) is 17.9 Å². The fourth-order valence-corrected chi connectivity index (χ4v) is 3.11. The van der Waals surface area contributed by atoms with Crippen LogP contribution < -0.4 is 10.7 Å². The number of carbonyl (C=O) groups is 1. The second-order valence-electron chi connectivity index (χ2n) is 6.09. The first-order valence-electron chi connectivity index (χ1n) is 8.32. The summed E-state index contributed by atoms with van der Waals surface area (Å²) in [6.45, 7) is 2.30. The number of amides is 1. The molecule has 26 heavy (non-hydrogen) atoms. The molecule has 0 saturated carbocycles. The lowest BCUT2D eigenvalue weighted by Crippen LogP contribution is -2.29. The Bertz CT molecular complexity index is 1170. The molecular formula is C20H17N3O3. The van der Waals surface area contributed by atoms with E-state index < -0.39 is 0 Å². The molecule has 2 heterocycles. The van der Waals surface area contributed by atoms with Crippen molar-refractivity contribution < 1.29 is 9.21 Å². The number of hydrogen-bond acceptors (Lipinski definition) is 4. The summed E-state index contributed by atoms with van der Waals surface area (Å²) in [4.78, 5) is 24.3. The van der Waals surface area contributed by atoms with Crippen molar-refractivity contribution >= 4 is 27.8 Å². The molecule has 0 unspecified atom stereocenters. The van der Waals surface area contributed by atoms with Crippen molar-refractivity contribution in [3.05, 3.63) is 76.3 Å². The van der Waals surface area contributed by atoms with Gasteiger partial charge in [0.05, 0.1) is 11.7 Å². The maximum atomic E-state index is 12.4. The number of aromatic nitrogens is 2. The molecule has 1 N–H and O–H groups in total. The second-order valence-corrected chi connectivity index (χ2v) is 6.09. The number of furan rings is 1. The van der Waals surface area contributed by atoms with Crippen molar-refractivity contribution in [2.24, 2.45) is 0 Å². The molecule has 1 amide bonds. The lowest BCUT2D eigenvalue weighted by atomic mass is 10.1. The van der Waals surface area contributed by atoms with E-state index in [1.807, 2.05) is 37.3 Å². The quantitative estimate of drug-likeness (QED) is 0.616. The van der Waals surface area contributed by atoms with Crippen LogP contribution in [0.5, 0.6) is 0 Å². The third kappa shape index (κ3) is 2.86. The normalized spacial score (nSPS) is 11.1. The van der Waals surface area contributed by atoms with E-state index >= 15 is 0 Å². The van der Waals surface area contributed by atoms with Crippen LogP contribution in [0.1, 0.15) is 11.3 Å². The Morgan fingerprint density at radius 2 is 1.85 bits per heavy atom. The van der Waals surface area contributed by atoms with Crippen LogP contribution in [0.25, 0.3) is 21.9 Å². The summed E-state index contributed by atoms with van der Waals surface area (Å²) >= 11 is 0. The molecule has 0 fully saturated rings. The molecule has 0 saturated heterocycles. The molecule has 0 aliphatic rings. The fourth-order valence-electron chi connectivity index (χ4n) is 3.11. The minimum Gasteiger partial charge on any atom is -0.461 e. The number of nitrogens with one attached hydrogen (secondary N) is 1. The second kappa shape index (κ2) is 6.48. The first-order valence-corrected chi connectivity index (χ1v) is 8.32. The van der Waals surface area contributed by atoms with Gasteiger partial charge in [-0.25, -0.2) is 0 Å². The maximum Gasteiger partial charge on any atom is 0.242 e. The third-order valence-electron chi connectivity index (χ3n) is 4.42. The molecule has 2 aromatic carbocycles. The highest BCUT2D eigenvalue weighted by Crippen LogP contribution is 2.24. The van der Waals surface area contributed by atoms with Crippen molar-refractivity contribution in [1.29, 1.82) is 0 Å². The Labute approximate surface area is 149 Å². The SMILES string of the molecule is Cc1oc2ccccc2c1CNC(=O)Cn1ncc(=O)c2ccccc21. The molecule has 4 aromatic rings. The van der Waals surface area contributed by atoms with Crippen molar-refractivity contribution in [2.45, 2.75) is 20.0 Å². The molecule has 0 radical (unpaired) electrons. The zero-order valence-corrected chi connectivity index (χ0v) is 14.2. The summed E-state index contributed by atoms with van der Waals surface area (Å²) in [6.07, 6.45) is 1.24. The summed E-state index contributed by atoms with van der Waals surface area (Å²) < 4.78 is 7.25. The molecule has 2 aromatic heterocycles. The largest absolute Gasteiger partial charge is 0.461 e. The van der Waals surface area contributed by atoms with Gasteiger partial charge in [0.15, 0.2) is 0 Å². The Balaban J connectivity index is 1.54. The van der Waals surface area contributed by atoms with Crippen LogP contribution in [-0.2, 0) is 17.9 Å². The van der Waals surface area contributed by atoms with Crippen molar-refractivity contribution in [3.63, 3.8) is 0 Å². The van der Waals surface area contributed by atoms with E-state index in [0.717, 1.165) is 22.3 Å². The predicted molar refractivity (Wildman–Crippen MR) is 98.8 cm³/mol. The fraction of sp³-hybridized carbons (Fsp3) is 0.150. The van der Waals surface area contributed by atoms with Gasteiger partial charge in [-0.15, -0.1) is 0 Å². The summed E-state index contributed by atoms with van der Waals surface area (Å²) in [5.41, 5.74) is 2.26. The van der Waals surface area contributed by atoms with E-state index in [9.17, 15) is 9.59 Å². The molecule has 4 rings (SSSR count). The molecule has 0 aliphatic carbocycles. The van der Waals surface area contributed by atoms with Crippen LogP contribution in [0.4, 0.5) is 0 Å². The molecule has 0 bridgehead atoms. The number of hydrogen-bond donors (Lipinski definition) is 1. The minimum absolute atomic E-state index is 0.0373. The average molecular weight is 347 g/mol. The van der Waals surface area contributed by atoms with Gasteiger partial charge in [0, 0.05) is 22.9 Å². The van der Waals surface area contributed by atoms with E-state index in [4.69, 9.17) is 4.42 Å². The topological polar surface area (TPSA) is 77.1 Å². The van der Waals surface area contributed by atoms with E-state index in [1.54, 1.807) is 18.2 Å². The Morgan fingerprint density at radius 3 is 2.69 bits per heavy atom. The smallest absolute Gasteiger partial charge is 0.242 e. The van der Waals surface area contributed by atoms with E-state index in [2.05, 4.69) is 10.4 Å². The number of nitrogens with zero attached hydrogens (tertiary/aromatic N) is 2. The summed E-state index contributed by atoms with van der Waals surface area (Å²) in [6, 6.07) is 14.9. The van der Waals surface area contributed by atoms with Gasteiger partial charge in [0.25, 0.3) is 0 Å². The number of para-hydroxylation sites is 2. The summed E-state index contributed by atoms with van der Waals surface area (Å²) in [5.74, 6) is 0.606. The standard InChI is InChI=1S/C20H17N3O3/c1-13-16(14-6-3-5-9-19(14)26-13)10-21-20(25)12-23-17-8-4-2-7-15(17)18(24)11-22-23/h2-9,11H,10,12H2,1H3,(H,21,25). The predicted octanol–water partition coefficient (Wildman–Crippen LogP) is 2.77. The van der Waals surface area contributed by atoms with Gasteiger partial charge in [-0.3, -0.25) is 14.3 Å². The van der Waals surface area contributed by atoms with Crippen LogP contribution in [-0.4, -0.2) is 15.7 Å². The van der Waals surface area contributed by atoms with Crippen LogP contribution in [0, 0.1) is 6.92 Å². The van der Waals surface area contributed by atoms with Crippen LogP contribution in [0.2, 0.25) is 0 Å². The Morgan fingerprint density at radius 1 is 1.12 bits per heavy atom. The van der Waals surface area contributed by atoms with Crippen LogP contribution in [0.3, 0.4) is 0 Å². The number of fused-ring (bicyclic) bond motifs is 2. The monoisotopic (exact) mass is 347 g/mol. The molecule has 0 atom stereocenters. The number of aryl methyl sites for hydroxylation is 1. The summed E-state index contributed by atoms with van der Waals surface area (Å²) in [7, 11) is 0. The molecule has 0 aliphatic heterocycles. The van der Waals surface area contributed by atoms with Gasteiger partial charge in [-0.1, -0.05) is 30.3 Å². The van der Waals surface area contributed by atoms with Gasteiger partial charge in [-0.2, -0.15) is 5.10 Å². The van der Waals surface area contributed by atoms with Crippen molar-refractivity contribution in [3.8, 4) is 0 Å². The molecular weight excluding hydrogens is 330 g/mol. The zero-order valence-electron chi connectivity index (χ0n) is 14.2. The minimum atomic E-state index is -0.184. The van der Waals surface area contributed by atoms with Gasteiger partial charge in [0.2, 0.25) is 11.3 Å². The molecule has 6 nitrogen and oxygen atoms in total. The Hall–Kier alpha value is -3.41. The number of rotatable bonds is 4. The zero-order chi connectivity index (χ0) is 18.1. The van der Waals surface area contributed by atoms with E-state index in [1.165, 1.54) is 10.9 Å². The van der Waals surface area contributed by atoms with Gasteiger partial charge >= 0.3 is 0 Å². The lowest BCUT2D eigenvalue weighted by Gasteiger charge is -2.09. The highest BCUT2D eigenvalue weighted by atomic mass is 16.3. The molecule has 0 spiro atoms. The summed E-state index contributed by atoms with van der Waals surface area (Å²) in [5, 5.41) is 8.54. The Kier molecular flexibility index (Phi) is 4.01. The van der Waals surface area contributed by atoms with Gasteiger partial charge in [0.1, 0.15) is 17.9 Å². The first-order chi connectivity index (χ1) is 12.6. The van der Waals surface area contributed by atoms with Crippen molar-refractivity contribution in [2.75, 3.05) is 0 Å². The maximum absolute atomic E-state index is 12.4. The highest BCUT2D eigenvalue weighted by molar-refractivity contribution is 5.84. The molecule has 130 valence electrons. The first kappa shape index (κ1) is 16.1. The number of carbonyl (C=O) groups excluding carboxylic acids is 1. The highest BCUT2D eigenvalue weighted by Gasteiger charge is 2.12. The van der Waals surface area contributed by atoms with E-state index in [0.29, 0.717) is 17.4 Å². The molecule has 6 heteroatoms. The van der Waals surface area contributed by atoms with Gasteiger partial charge < -0.3 is 9.73 Å². The van der Waals surface area contributed by atoms with Crippen LogP contribution >= 0.6 is 0 Å². The third-order valence-corrected chi connectivity index (χ3v) is 4.42.